The monoisotopic (exact) mass is 307 g/mol. The Hall–Kier alpha value is -0.690. The fraction of sp³-hybridized carbons (Fsp3) is 0. The molecule has 2 rings (SSSR count). The highest BCUT2D eigenvalue weighted by molar-refractivity contribution is 7.59. The zero-order valence-corrected chi connectivity index (χ0v) is 9.49. The SMILES string of the molecule is O=S(=O)=[N+]1C=Cc2ccccc21.[I-]. The van der Waals surface area contributed by atoms with E-state index in [0.29, 0.717) is 5.69 Å². The van der Waals surface area contributed by atoms with E-state index in [1.165, 1.54) is 10.1 Å². The molecule has 0 bridgehead atoms. The highest BCUT2D eigenvalue weighted by Gasteiger charge is 2.19. The van der Waals surface area contributed by atoms with Crippen LogP contribution in [-0.2, 0) is 10.5 Å². The first-order chi connectivity index (χ1) is 5.79. The lowest BCUT2D eigenvalue weighted by Gasteiger charge is -1.87. The highest BCUT2D eigenvalue weighted by atomic mass is 127. The van der Waals surface area contributed by atoms with Crippen molar-refractivity contribution in [3.63, 3.8) is 0 Å². The second-order valence-corrected chi connectivity index (χ2v) is 3.25. The molecular formula is C8H6INO2S. The molecule has 0 saturated heterocycles. The average molecular weight is 307 g/mol. The molecule has 0 radical (unpaired) electrons. The lowest BCUT2D eigenvalue weighted by molar-refractivity contribution is -0.326. The summed E-state index contributed by atoms with van der Waals surface area (Å²) in [6, 6.07) is 7.33. The molecule has 1 aliphatic heterocycles. The van der Waals surface area contributed by atoms with E-state index in [9.17, 15) is 8.42 Å². The third kappa shape index (κ3) is 1.80. The van der Waals surface area contributed by atoms with E-state index in [-0.39, 0.29) is 24.0 Å². The zero-order valence-electron chi connectivity index (χ0n) is 6.51. The molecule has 0 fully saturated rings. The molecule has 0 aliphatic carbocycles. The van der Waals surface area contributed by atoms with Gasteiger partial charge < -0.3 is 24.0 Å². The third-order valence-electron chi connectivity index (χ3n) is 1.72. The third-order valence-corrected chi connectivity index (χ3v) is 2.36. The molecule has 0 spiro atoms. The van der Waals surface area contributed by atoms with Crippen molar-refractivity contribution in [1.82, 2.24) is 0 Å². The average Bonchev–Trinajstić information content (AvgIpc) is 2.47. The minimum absolute atomic E-state index is 0. The summed E-state index contributed by atoms with van der Waals surface area (Å²) >= 11 is 0. The van der Waals surface area contributed by atoms with Gasteiger partial charge in [0.1, 0.15) is 0 Å². The van der Waals surface area contributed by atoms with Gasteiger partial charge in [-0.2, -0.15) is 0 Å². The van der Waals surface area contributed by atoms with Crippen LogP contribution in [0.15, 0.2) is 30.5 Å². The minimum atomic E-state index is -2.21. The van der Waals surface area contributed by atoms with Crippen molar-refractivity contribution in [2.45, 2.75) is 0 Å². The molecule has 1 heterocycles. The van der Waals surface area contributed by atoms with Crippen LogP contribution >= 0.6 is 0 Å². The van der Waals surface area contributed by atoms with Crippen LogP contribution < -0.4 is 24.0 Å². The molecule has 1 aromatic rings. The Morgan fingerprint density at radius 1 is 1.15 bits per heavy atom. The summed E-state index contributed by atoms with van der Waals surface area (Å²) < 4.78 is 22.5. The van der Waals surface area contributed by atoms with Gasteiger partial charge in [0.2, 0.25) is 5.69 Å². The Kier molecular flexibility index (Phi) is 3.21. The maximum absolute atomic E-state index is 10.6. The van der Waals surface area contributed by atoms with Gasteiger partial charge in [0.05, 0.1) is 5.56 Å². The summed E-state index contributed by atoms with van der Waals surface area (Å²) in [5, 5.41) is 0. The van der Waals surface area contributed by atoms with Gasteiger partial charge in [0.15, 0.2) is 6.20 Å². The first-order valence-corrected chi connectivity index (χ1v) is 4.48. The van der Waals surface area contributed by atoms with Gasteiger partial charge in [0.25, 0.3) is 0 Å². The smallest absolute Gasteiger partial charge is 0.470 e. The Labute approximate surface area is 94.4 Å². The fourth-order valence-corrected chi connectivity index (χ4v) is 1.67. The van der Waals surface area contributed by atoms with Gasteiger partial charge in [-0.25, -0.2) is 0 Å². The van der Waals surface area contributed by atoms with Crippen LogP contribution in [-0.4, -0.2) is 12.4 Å². The fourth-order valence-electron chi connectivity index (χ4n) is 1.19. The van der Waals surface area contributed by atoms with E-state index < -0.39 is 10.5 Å². The van der Waals surface area contributed by atoms with Crippen LogP contribution in [0.4, 0.5) is 5.69 Å². The lowest BCUT2D eigenvalue weighted by atomic mass is 10.2. The lowest BCUT2D eigenvalue weighted by Crippen LogP contribution is -3.00. The summed E-state index contributed by atoms with van der Waals surface area (Å²) in [5.74, 6) is 0. The highest BCUT2D eigenvalue weighted by Crippen LogP contribution is 2.25. The molecule has 5 heteroatoms. The van der Waals surface area contributed by atoms with Crippen molar-refractivity contribution in [2.24, 2.45) is 0 Å². The molecule has 68 valence electrons. The summed E-state index contributed by atoms with van der Waals surface area (Å²) in [6.07, 6.45) is 3.30. The van der Waals surface area contributed by atoms with Gasteiger partial charge in [-0.15, -0.1) is 8.42 Å². The molecule has 0 aromatic heterocycles. The van der Waals surface area contributed by atoms with E-state index in [2.05, 4.69) is 0 Å². The number of fused-ring (bicyclic) bond motifs is 1. The molecule has 3 nitrogen and oxygen atoms in total. The van der Waals surface area contributed by atoms with E-state index in [0.717, 1.165) is 5.56 Å². The predicted molar refractivity (Wildman–Crippen MR) is 44.3 cm³/mol. The number of para-hydroxylation sites is 1. The predicted octanol–water partition coefficient (Wildman–Crippen LogP) is -1.62. The standard InChI is InChI=1S/C8H6NO2S.HI/c10-12(11)9-6-5-7-3-1-2-4-8(7)9;/h1-6H;1H/q+1;/p-1. The van der Waals surface area contributed by atoms with Crippen molar-refractivity contribution >= 4 is 22.3 Å². The van der Waals surface area contributed by atoms with Crippen LogP contribution in [0.5, 0.6) is 0 Å². The quantitative estimate of drug-likeness (QED) is 0.427. The van der Waals surface area contributed by atoms with Crippen molar-refractivity contribution in [3.05, 3.63) is 36.0 Å². The topological polar surface area (TPSA) is 37.1 Å². The maximum Gasteiger partial charge on any atom is 0.470 e. The van der Waals surface area contributed by atoms with Crippen LogP contribution in [0.25, 0.3) is 6.08 Å². The van der Waals surface area contributed by atoms with Crippen LogP contribution in [0.1, 0.15) is 5.56 Å². The molecule has 13 heavy (non-hydrogen) atoms. The molecule has 0 N–H and O–H groups in total. The Bertz CT molecular complexity index is 483. The molecule has 1 aromatic carbocycles. The Morgan fingerprint density at radius 3 is 2.54 bits per heavy atom. The van der Waals surface area contributed by atoms with Crippen LogP contribution in [0, 0.1) is 0 Å². The Morgan fingerprint density at radius 2 is 1.85 bits per heavy atom. The molecular weight excluding hydrogens is 301 g/mol. The molecule has 0 saturated carbocycles. The van der Waals surface area contributed by atoms with Crippen LogP contribution in [0.2, 0.25) is 0 Å². The largest absolute Gasteiger partial charge is 1.00 e. The number of benzene rings is 1. The first-order valence-electron chi connectivity index (χ1n) is 3.45. The van der Waals surface area contributed by atoms with Gasteiger partial charge in [-0.1, -0.05) is 12.1 Å². The first kappa shape index (κ1) is 10.4. The molecule has 0 atom stereocenters. The second kappa shape index (κ2) is 4.01. The number of halogens is 1. The summed E-state index contributed by atoms with van der Waals surface area (Å²) in [6.45, 7) is 0. The maximum atomic E-state index is 10.6. The van der Waals surface area contributed by atoms with Gasteiger partial charge >= 0.3 is 10.5 Å². The van der Waals surface area contributed by atoms with Gasteiger partial charge in [0, 0.05) is 12.1 Å². The van der Waals surface area contributed by atoms with E-state index >= 15 is 0 Å². The number of nitrogens with zero attached hydrogens (tertiary/aromatic N) is 1. The number of hydrogen-bond donors (Lipinski definition) is 0. The van der Waals surface area contributed by atoms with Crippen molar-refractivity contribution in [1.29, 1.82) is 0 Å². The summed E-state index contributed by atoms with van der Waals surface area (Å²) in [4.78, 5) is 0. The molecule has 1 aliphatic rings. The van der Waals surface area contributed by atoms with Crippen molar-refractivity contribution in [3.8, 4) is 0 Å². The number of hydrogen-bond acceptors (Lipinski definition) is 2. The van der Waals surface area contributed by atoms with E-state index in [1.54, 1.807) is 12.1 Å². The zero-order chi connectivity index (χ0) is 8.55. The van der Waals surface area contributed by atoms with Gasteiger partial charge in [-0.05, 0) is 10.0 Å². The van der Waals surface area contributed by atoms with E-state index in [1.807, 2.05) is 18.2 Å². The van der Waals surface area contributed by atoms with Crippen molar-refractivity contribution < 1.29 is 36.3 Å². The number of rotatable bonds is 0. The van der Waals surface area contributed by atoms with Crippen LogP contribution in [0.3, 0.4) is 0 Å². The van der Waals surface area contributed by atoms with Gasteiger partial charge in [-0.3, -0.25) is 0 Å². The second-order valence-electron chi connectivity index (χ2n) is 2.42. The normalized spacial score (nSPS) is 12.2. The summed E-state index contributed by atoms with van der Waals surface area (Å²) in [7, 11) is -2.21. The van der Waals surface area contributed by atoms with Crippen molar-refractivity contribution in [2.75, 3.05) is 0 Å². The summed E-state index contributed by atoms with van der Waals surface area (Å²) in [5.41, 5.74) is 1.65. The minimum Gasteiger partial charge on any atom is -1.00 e. The molecule has 0 unspecified atom stereocenters. The van der Waals surface area contributed by atoms with E-state index in [4.69, 9.17) is 0 Å². The Balaban J connectivity index is 0.000000845. The molecule has 0 amide bonds.